The lowest BCUT2D eigenvalue weighted by Crippen LogP contribution is -2.17. The molecular formula is C60H46N2. The van der Waals surface area contributed by atoms with Gasteiger partial charge >= 0.3 is 0 Å². The summed E-state index contributed by atoms with van der Waals surface area (Å²) in [4.78, 5) is 2.51. The van der Waals surface area contributed by atoms with E-state index in [2.05, 4.69) is 243 Å². The number of nitrogens with zero attached hydrogens (tertiary/aromatic N) is 2. The molecule has 0 bridgehead atoms. The van der Waals surface area contributed by atoms with Crippen LogP contribution >= 0.6 is 0 Å². The molecular weight excluding hydrogens is 749 g/mol. The van der Waals surface area contributed by atoms with Gasteiger partial charge in [-0.25, -0.2) is 0 Å². The second-order valence-corrected chi connectivity index (χ2v) is 18.1. The number of hydrogen-bond donors (Lipinski definition) is 0. The lowest BCUT2D eigenvalue weighted by molar-refractivity contribution is 0.660. The molecule has 0 amide bonds. The molecule has 2 heteroatoms. The molecule has 0 fully saturated rings. The smallest absolute Gasteiger partial charge is 0.0547 e. The van der Waals surface area contributed by atoms with Crippen LogP contribution in [0.1, 0.15) is 49.9 Å². The zero-order valence-electron chi connectivity index (χ0n) is 35.5. The number of hydrogen-bond acceptors (Lipinski definition) is 1. The fourth-order valence-electron chi connectivity index (χ4n) is 11.1. The zero-order chi connectivity index (χ0) is 41.7. The van der Waals surface area contributed by atoms with Crippen molar-refractivity contribution in [3.63, 3.8) is 0 Å². The van der Waals surface area contributed by atoms with Gasteiger partial charge in [0.15, 0.2) is 0 Å². The number of aromatic nitrogens is 1. The molecule has 0 saturated carbocycles. The minimum absolute atomic E-state index is 0.101. The summed E-state index contributed by atoms with van der Waals surface area (Å²) in [6, 6.07) is 76.6. The molecule has 296 valence electrons. The summed E-state index contributed by atoms with van der Waals surface area (Å²) >= 11 is 0. The lowest BCUT2D eigenvalue weighted by Gasteiger charge is -2.30. The lowest BCUT2D eigenvalue weighted by atomic mass is 9.82. The van der Waals surface area contributed by atoms with Crippen LogP contribution in [0.5, 0.6) is 0 Å². The standard InChI is InChI=1S/C60H46N2/c1-59(2)51-30-13-9-25-48(51)57-47(28-17-31-52(57)59)46-24-10-14-32-54(46)61(42-35-36-45-44-23-8-12-29-50(44)60(3,4)53(45)38-42)41-22-16-19-39(37-41)43-27-18-34-56-58(43)49-26-11-15-33-55(49)62(56)40-20-6-5-7-21-40/h5-38H,1-4H3. The third kappa shape index (κ3) is 5.23. The van der Waals surface area contributed by atoms with Gasteiger partial charge in [-0.05, 0) is 116 Å². The minimum atomic E-state index is -0.146. The van der Waals surface area contributed by atoms with Gasteiger partial charge in [-0.1, -0.05) is 179 Å². The number of rotatable bonds is 6. The van der Waals surface area contributed by atoms with E-state index < -0.39 is 0 Å². The molecule has 0 saturated heterocycles. The molecule has 62 heavy (non-hydrogen) atoms. The molecule has 2 nitrogen and oxygen atoms in total. The van der Waals surface area contributed by atoms with Crippen molar-refractivity contribution < 1.29 is 0 Å². The molecule has 1 aromatic heterocycles. The Bertz CT molecular complexity index is 3420. The Hall–Kier alpha value is -7.42. The van der Waals surface area contributed by atoms with Gasteiger partial charge in [0, 0.05) is 44.2 Å². The van der Waals surface area contributed by atoms with Crippen molar-refractivity contribution in [2.75, 3.05) is 4.90 Å². The fraction of sp³-hybridized carbons (Fsp3) is 0.100. The van der Waals surface area contributed by atoms with E-state index >= 15 is 0 Å². The van der Waals surface area contributed by atoms with Crippen LogP contribution in [-0.2, 0) is 10.8 Å². The monoisotopic (exact) mass is 794 g/mol. The van der Waals surface area contributed by atoms with Crippen molar-refractivity contribution in [1.82, 2.24) is 4.57 Å². The molecule has 10 aromatic rings. The first-order valence-corrected chi connectivity index (χ1v) is 21.9. The molecule has 1 heterocycles. The van der Waals surface area contributed by atoms with E-state index in [-0.39, 0.29) is 10.8 Å². The maximum atomic E-state index is 2.51. The molecule has 0 aliphatic heterocycles. The third-order valence-corrected chi connectivity index (χ3v) is 14.0. The van der Waals surface area contributed by atoms with Crippen LogP contribution in [0.2, 0.25) is 0 Å². The van der Waals surface area contributed by atoms with E-state index in [0.29, 0.717) is 0 Å². The topological polar surface area (TPSA) is 8.17 Å². The van der Waals surface area contributed by atoms with E-state index in [1.807, 2.05) is 0 Å². The number of anilines is 3. The summed E-state index contributed by atoms with van der Waals surface area (Å²) in [6.07, 6.45) is 0. The predicted octanol–water partition coefficient (Wildman–Crippen LogP) is 16.2. The maximum Gasteiger partial charge on any atom is 0.0547 e. The third-order valence-electron chi connectivity index (χ3n) is 14.0. The number of para-hydroxylation sites is 3. The van der Waals surface area contributed by atoms with Gasteiger partial charge in [0.2, 0.25) is 0 Å². The van der Waals surface area contributed by atoms with Crippen LogP contribution in [0.4, 0.5) is 17.1 Å². The van der Waals surface area contributed by atoms with Gasteiger partial charge in [-0.3, -0.25) is 0 Å². The van der Waals surface area contributed by atoms with E-state index in [1.54, 1.807) is 0 Å². The first-order chi connectivity index (χ1) is 30.3. The number of benzene rings is 9. The van der Waals surface area contributed by atoms with E-state index in [1.165, 1.54) is 88.6 Å². The summed E-state index contributed by atoms with van der Waals surface area (Å²) < 4.78 is 2.41. The second kappa shape index (κ2) is 13.5. The highest BCUT2D eigenvalue weighted by Gasteiger charge is 2.38. The first-order valence-electron chi connectivity index (χ1n) is 21.9. The average Bonchev–Trinajstić information content (AvgIpc) is 3.87. The van der Waals surface area contributed by atoms with Crippen molar-refractivity contribution >= 4 is 38.9 Å². The van der Waals surface area contributed by atoms with Crippen molar-refractivity contribution in [3.8, 4) is 50.2 Å². The van der Waals surface area contributed by atoms with Crippen LogP contribution in [0.25, 0.3) is 72.0 Å². The van der Waals surface area contributed by atoms with Crippen LogP contribution in [0.3, 0.4) is 0 Å². The number of fused-ring (bicyclic) bond motifs is 9. The summed E-state index contributed by atoms with van der Waals surface area (Å²) in [7, 11) is 0. The average molecular weight is 795 g/mol. The van der Waals surface area contributed by atoms with Crippen LogP contribution in [0.15, 0.2) is 206 Å². The normalized spacial score (nSPS) is 14.1. The van der Waals surface area contributed by atoms with E-state index in [4.69, 9.17) is 0 Å². The summed E-state index contributed by atoms with van der Waals surface area (Å²) in [5.41, 5.74) is 22.4. The SMILES string of the molecule is CC1(C)c2ccccc2-c2ccc(N(c3cccc(-c4cccc5c4c4ccccc4n5-c4ccccc4)c3)c3ccccc3-c3cccc4c3-c3ccccc3C4(C)C)cc21. The Labute approximate surface area is 364 Å². The fourth-order valence-corrected chi connectivity index (χ4v) is 11.1. The Morgan fingerprint density at radius 1 is 0.371 bits per heavy atom. The van der Waals surface area contributed by atoms with Gasteiger partial charge < -0.3 is 9.47 Å². The van der Waals surface area contributed by atoms with Gasteiger partial charge in [-0.15, -0.1) is 0 Å². The van der Waals surface area contributed by atoms with Crippen molar-refractivity contribution in [3.05, 3.63) is 229 Å². The quantitative estimate of drug-likeness (QED) is 0.163. The summed E-state index contributed by atoms with van der Waals surface area (Å²) in [5.74, 6) is 0. The Balaban J connectivity index is 1.10. The van der Waals surface area contributed by atoms with Crippen molar-refractivity contribution in [2.24, 2.45) is 0 Å². The maximum absolute atomic E-state index is 2.51. The molecule has 0 atom stereocenters. The van der Waals surface area contributed by atoms with Gasteiger partial charge in [0.1, 0.15) is 0 Å². The highest BCUT2D eigenvalue weighted by Crippen LogP contribution is 2.55. The van der Waals surface area contributed by atoms with Gasteiger partial charge in [0.05, 0.1) is 16.7 Å². The van der Waals surface area contributed by atoms with Crippen molar-refractivity contribution in [1.29, 1.82) is 0 Å². The van der Waals surface area contributed by atoms with Gasteiger partial charge in [0.25, 0.3) is 0 Å². The van der Waals surface area contributed by atoms with E-state index in [0.717, 1.165) is 22.7 Å². The van der Waals surface area contributed by atoms with Crippen LogP contribution < -0.4 is 4.90 Å². The predicted molar refractivity (Wildman–Crippen MR) is 261 cm³/mol. The Kier molecular flexibility index (Phi) is 7.96. The first kappa shape index (κ1) is 36.4. The minimum Gasteiger partial charge on any atom is -0.310 e. The molecule has 2 aliphatic carbocycles. The van der Waals surface area contributed by atoms with Gasteiger partial charge in [-0.2, -0.15) is 0 Å². The highest BCUT2D eigenvalue weighted by molar-refractivity contribution is 6.16. The molecule has 0 radical (unpaired) electrons. The molecule has 0 spiro atoms. The highest BCUT2D eigenvalue weighted by atomic mass is 15.1. The molecule has 9 aromatic carbocycles. The molecule has 2 aliphatic rings. The largest absolute Gasteiger partial charge is 0.310 e. The van der Waals surface area contributed by atoms with E-state index in [9.17, 15) is 0 Å². The Morgan fingerprint density at radius 3 is 1.77 bits per heavy atom. The molecule has 0 unspecified atom stereocenters. The molecule has 0 N–H and O–H groups in total. The zero-order valence-corrected chi connectivity index (χ0v) is 35.5. The Morgan fingerprint density at radius 2 is 0.935 bits per heavy atom. The summed E-state index contributed by atoms with van der Waals surface area (Å²) in [6.45, 7) is 9.49. The van der Waals surface area contributed by atoms with Crippen molar-refractivity contribution in [2.45, 2.75) is 38.5 Å². The van der Waals surface area contributed by atoms with Crippen LogP contribution in [0, 0.1) is 0 Å². The molecule has 12 rings (SSSR count). The van der Waals surface area contributed by atoms with Crippen LogP contribution in [-0.4, -0.2) is 4.57 Å². The summed E-state index contributed by atoms with van der Waals surface area (Å²) in [5, 5.41) is 2.50. The second-order valence-electron chi connectivity index (χ2n) is 18.1.